The Hall–Kier alpha value is -1.81. The minimum absolute atomic E-state index is 0.164. The van der Waals surface area contributed by atoms with Crippen LogP contribution < -0.4 is 4.74 Å². The molecule has 0 saturated heterocycles. The molecule has 0 radical (unpaired) electrons. The third-order valence-electron chi connectivity index (χ3n) is 5.69. The molecule has 0 aliphatic heterocycles. The van der Waals surface area contributed by atoms with Crippen molar-refractivity contribution in [3.05, 3.63) is 70.3 Å². The molecule has 1 aliphatic rings. The first kappa shape index (κ1) is 20.9. The Morgan fingerprint density at radius 1 is 1.18 bits per heavy atom. The van der Waals surface area contributed by atoms with Gasteiger partial charge in [0.05, 0.1) is 12.7 Å². The highest BCUT2D eigenvalue weighted by atomic mass is 35.5. The zero-order chi connectivity index (χ0) is 20.1. The fourth-order valence-corrected chi connectivity index (χ4v) is 4.43. The Bertz CT molecular complexity index is 816. The zero-order valence-electron chi connectivity index (χ0n) is 17.0. The zero-order valence-corrected chi connectivity index (χ0v) is 17.7. The standard InChI is InChI=1S/C24H30ClNO2/c1-26(2)17-21-9-6-8-20(15-18-11-13-22(28-3)14-12-18)24(21,27)16-19-7-4-5-10-23(19)25/h4-5,7,10-15,21,27H,6,8-9,16-17H2,1-3H3. The van der Waals surface area contributed by atoms with E-state index in [2.05, 4.69) is 25.1 Å². The maximum atomic E-state index is 12.0. The third-order valence-corrected chi connectivity index (χ3v) is 6.06. The molecule has 1 saturated carbocycles. The van der Waals surface area contributed by atoms with Crippen LogP contribution in [0.15, 0.2) is 54.1 Å². The van der Waals surface area contributed by atoms with Crippen molar-refractivity contribution in [2.75, 3.05) is 27.7 Å². The van der Waals surface area contributed by atoms with Crippen molar-refractivity contribution in [2.24, 2.45) is 5.92 Å². The fourth-order valence-electron chi connectivity index (χ4n) is 4.23. The van der Waals surface area contributed by atoms with Crippen molar-refractivity contribution in [3.63, 3.8) is 0 Å². The van der Waals surface area contributed by atoms with Gasteiger partial charge >= 0.3 is 0 Å². The highest BCUT2D eigenvalue weighted by molar-refractivity contribution is 6.31. The van der Waals surface area contributed by atoms with Gasteiger partial charge in [0, 0.05) is 23.9 Å². The van der Waals surface area contributed by atoms with E-state index in [9.17, 15) is 5.11 Å². The van der Waals surface area contributed by atoms with E-state index in [1.807, 2.05) is 48.5 Å². The van der Waals surface area contributed by atoms with Gasteiger partial charge in [-0.2, -0.15) is 0 Å². The van der Waals surface area contributed by atoms with Crippen molar-refractivity contribution >= 4 is 17.7 Å². The Kier molecular flexibility index (Phi) is 6.82. The van der Waals surface area contributed by atoms with Crippen LogP contribution in [0.5, 0.6) is 5.75 Å². The second-order valence-electron chi connectivity index (χ2n) is 7.99. The highest BCUT2D eigenvalue weighted by Crippen LogP contribution is 2.42. The molecule has 2 aromatic rings. The molecule has 2 atom stereocenters. The maximum absolute atomic E-state index is 12.0. The molecule has 0 amide bonds. The quantitative estimate of drug-likeness (QED) is 0.736. The Labute approximate surface area is 173 Å². The first-order chi connectivity index (χ1) is 13.4. The molecule has 4 heteroatoms. The lowest BCUT2D eigenvalue weighted by molar-refractivity contribution is -0.0123. The van der Waals surface area contributed by atoms with Gasteiger partial charge in [-0.25, -0.2) is 0 Å². The summed E-state index contributed by atoms with van der Waals surface area (Å²) < 4.78 is 5.26. The lowest BCUT2D eigenvalue weighted by Gasteiger charge is -2.44. The lowest BCUT2D eigenvalue weighted by atomic mass is 9.68. The molecule has 2 unspecified atom stereocenters. The van der Waals surface area contributed by atoms with E-state index >= 15 is 0 Å². The highest BCUT2D eigenvalue weighted by Gasteiger charge is 2.43. The average molecular weight is 400 g/mol. The number of hydrogen-bond acceptors (Lipinski definition) is 3. The van der Waals surface area contributed by atoms with Crippen LogP contribution >= 0.6 is 11.6 Å². The van der Waals surface area contributed by atoms with E-state index in [1.54, 1.807) is 7.11 Å². The van der Waals surface area contributed by atoms with Crippen molar-refractivity contribution in [1.29, 1.82) is 0 Å². The topological polar surface area (TPSA) is 32.7 Å². The van der Waals surface area contributed by atoms with Crippen molar-refractivity contribution in [3.8, 4) is 5.75 Å². The molecule has 0 spiro atoms. The van der Waals surface area contributed by atoms with Crippen LogP contribution in [-0.2, 0) is 6.42 Å². The van der Waals surface area contributed by atoms with Crippen LogP contribution in [0, 0.1) is 5.92 Å². The molecular weight excluding hydrogens is 370 g/mol. The second kappa shape index (κ2) is 9.13. The normalized spacial score (nSPS) is 23.9. The molecular formula is C24H30ClNO2. The molecule has 0 heterocycles. The molecule has 0 aromatic heterocycles. The van der Waals surface area contributed by atoms with E-state index in [0.29, 0.717) is 11.4 Å². The number of benzene rings is 2. The average Bonchev–Trinajstić information content (AvgIpc) is 2.67. The van der Waals surface area contributed by atoms with E-state index in [4.69, 9.17) is 16.3 Å². The van der Waals surface area contributed by atoms with Crippen LogP contribution in [-0.4, -0.2) is 43.4 Å². The molecule has 2 aromatic carbocycles. The second-order valence-corrected chi connectivity index (χ2v) is 8.39. The summed E-state index contributed by atoms with van der Waals surface area (Å²) >= 11 is 6.45. The monoisotopic (exact) mass is 399 g/mol. The van der Waals surface area contributed by atoms with Gasteiger partial charge in [-0.15, -0.1) is 0 Å². The smallest absolute Gasteiger partial charge is 0.118 e. The van der Waals surface area contributed by atoms with Crippen LogP contribution in [0.3, 0.4) is 0 Å². The van der Waals surface area contributed by atoms with E-state index in [0.717, 1.165) is 48.3 Å². The molecule has 28 heavy (non-hydrogen) atoms. The minimum atomic E-state index is -0.909. The van der Waals surface area contributed by atoms with Gasteiger partial charge in [-0.1, -0.05) is 48.0 Å². The summed E-state index contributed by atoms with van der Waals surface area (Å²) in [5.74, 6) is 1.000. The molecule has 1 aliphatic carbocycles. The van der Waals surface area contributed by atoms with Crippen molar-refractivity contribution in [1.82, 2.24) is 4.90 Å². The molecule has 150 valence electrons. The van der Waals surface area contributed by atoms with Gasteiger partial charge in [0.25, 0.3) is 0 Å². The number of hydrogen-bond donors (Lipinski definition) is 1. The number of methoxy groups -OCH3 is 1. The Morgan fingerprint density at radius 2 is 1.89 bits per heavy atom. The summed E-state index contributed by atoms with van der Waals surface area (Å²) in [4.78, 5) is 2.17. The van der Waals surface area contributed by atoms with Gasteiger partial charge < -0.3 is 14.7 Å². The first-order valence-electron chi connectivity index (χ1n) is 9.88. The Balaban J connectivity index is 1.99. The van der Waals surface area contributed by atoms with E-state index < -0.39 is 5.60 Å². The fraction of sp³-hybridized carbons (Fsp3) is 0.417. The van der Waals surface area contributed by atoms with Crippen LogP contribution in [0.25, 0.3) is 6.08 Å². The van der Waals surface area contributed by atoms with E-state index in [1.165, 1.54) is 0 Å². The summed E-state index contributed by atoms with van der Waals surface area (Å²) in [5.41, 5.74) is 2.26. The van der Waals surface area contributed by atoms with Crippen LogP contribution in [0.2, 0.25) is 5.02 Å². The van der Waals surface area contributed by atoms with Gasteiger partial charge in [-0.05, 0) is 68.3 Å². The number of rotatable bonds is 6. The predicted octanol–water partition coefficient (Wildman–Crippen LogP) is 5.07. The predicted molar refractivity (Wildman–Crippen MR) is 117 cm³/mol. The first-order valence-corrected chi connectivity index (χ1v) is 10.3. The van der Waals surface area contributed by atoms with Crippen LogP contribution in [0.4, 0.5) is 0 Å². The molecule has 0 bridgehead atoms. The number of aliphatic hydroxyl groups is 1. The lowest BCUT2D eigenvalue weighted by Crippen LogP contribution is -2.48. The van der Waals surface area contributed by atoms with E-state index in [-0.39, 0.29) is 5.92 Å². The number of nitrogens with zero attached hydrogens (tertiary/aromatic N) is 1. The Morgan fingerprint density at radius 3 is 2.54 bits per heavy atom. The third kappa shape index (κ3) is 4.78. The van der Waals surface area contributed by atoms with Gasteiger partial charge in [-0.3, -0.25) is 0 Å². The minimum Gasteiger partial charge on any atom is -0.497 e. The summed E-state index contributed by atoms with van der Waals surface area (Å²) in [6, 6.07) is 15.8. The van der Waals surface area contributed by atoms with Gasteiger partial charge in [0.2, 0.25) is 0 Å². The van der Waals surface area contributed by atoms with Crippen LogP contribution in [0.1, 0.15) is 30.4 Å². The molecule has 3 nitrogen and oxygen atoms in total. The number of ether oxygens (including phenoxy) is 1. The van der Waals surface area contributed by atoms with Crippen molar-refractivity contribution in [2.45, 2.75) is 31.3 Å². The largest absolute Gasteiger partial charge is 0.497 e. The number of halogens is 1. The molecule has 1 N–H and O–H groups in total. The summed E-state index contributed by atoms with van der Waals surface area (Å²) in [6.45, 7) is 0.848. The summed E-state index contributed by atoms with van der Waals surface area (Å²) in [7, 11) is 5.80. The van der Waals surface area contributed by atoms with Crippen molar-refractivity contribution < 1.29 is 9.84 Å². The summed E-state index contributed by atoms with van der Waals surface area (Å²) in [6.07, 6.45) is 5.69. The molecule has 1 fully saturated rings. The SMILES string of the molecule is COc1ccc(C=C2CCCC(CN(C)C)C2(O)Cc2ccccc2Cl)cc1. The van der Waals surface area contributed by atoms with Gasteiger partial charge in [0.15, 0.2) is 0 Å². The van der Waals surface area contributed by atoms with Gasteiger partial charge in [0.1, 0.15) is 5.75 Å². The summed E-state index contributed by atoms with van der Waals surface area (Å²) in [5, 5.41) is 12.7. The maximum Gasteiger partial charge on any atom is 0.118 e. The molecule has 3 rings (SSSR count).